The Kier molecular flexibility index (Phi) is 5.62. The van der Waals surface area contributed by atoms with Crippen LogP contribution in [0.5, 0.6) is 0 Å². The largest absolute Gasteiger partial charge is 0.382 e. The second-order valence-corrected chi connectivity index (χ2v) is 5.50. The molecule has 1 atom stereocenters. The van der Waals surface area contributed by atoms with Crippen molar-refractivity contribution in [3.63, 3.8) is 0 Å². The maximum absolute atomic E-state index is 6.01. The summed E-state index contributed by atoms with van der Waals surface area (Å²) < 4.78 is 0. The van der Waals surface area contributed by atoms with Gasteiger partial charge in [0.05, 0.1) is 5.52 Å². The first kappa shape index (κ1) is 15.1. The van der Waals surface area contributed by atoms with Crippen molar-refractivity contribution >= 4 is 28.2 Å². The van der Waals surface area contributed by atoms with Gasteiger partial charge >= 0.3 is 0 Å². The third-order valence-corrected chi connectivity index (χ3v) is 3.58. The molecule has 1 unspecified atom stereocenters. The van der Waals surface area contributed by atoms with E-state index in [1.807, 2.05) is 30.5 Å². The van der Waals surface area contributed by atoms with Crippen LogP contribution in [-0.2, 0) is 0 Å². The van der Waals surface area contributed by atoms with Gasteiger partial charge in [0, 0.05) is 28.3 Å². The van der Waals surface area contributed by atoms with Crippen LogP contribution in [0.4, 0.5) is 5.69 Å². The Morgan fingerprint density at radius 2 is 2.15 bits per heavy atom. The van der Waals surface area contributed by atoms with Crippen molar-refractivity contribution in [2.24, 2.45) is 0 Å². The van der Waals surface area contributed by atoms with Crippen LogP contribution < -0.4 is 10.6 Å². The van der Waals surface area contributed by atoms with E-state index in [4.69, 9.17) is 11.6 Å². The average molecular weight is 292 g/mol. The summed E-state index contributed by atoms with van der Waals surface area (Å²) in [5.41, 5.74) is 2.06. The fraction of sp³-hybridized carbons (Fsp3) is 0.438. The van der Waals surface area contributed by atoms with E-state index in [1.54, 1.807) is 0 Å². The average Bonchev–Trinajstić information content (AvgIpc) is 2.43. The molecule has 108 valence electrons. The number of nitrogens with zero attached hydrogens (tertiary/aromatic N) is 1. The molecular formula is C16H22ClN3. The molecule has 3 nitrogen and oxygen atoms in total. The Morgan fingerprint density at radius 3 is 2.95 bits per heavy atom. The number of hydrogen-bond acceptors (Lipinski definition) is 3. The van der Waals surface area contributed by atoms with E-state index < -0.39 is 0 Å². The lowest BCUT2D eigenvalue weighted by Gasteiger charge is -2.16. The van der Waals surface area contributed by atoms with Gasteiger partial charge in [0.1, 0.15) is 0 Å². The molecule has 0 aliphatic heterocycles. The van der Waals surface area contributed by atoms with Crippen molar-refractivity contribution in [1.29, 1.82) is 0 Å². The number of halogens is 1. The number of fused-ring (bicyclic) bond motifs is 1. The Morgan fingerprint density at radius 1 is 1.30 bits per heavy atom. The summed E-state index contributed by atoms with van der Waals surface area (Å²) in [6, 6.07) is 8.30. The lowest BCUT2D eigenvalue weighted by atomic mass is 10.1. The van der Waals surface area contributed by atoms with Gasteiger partial charge < -0.3 is 10.6 Å². The van der Waals surface area contributed by atoms with Crippen LogP contribution in [0, 0.1) is 0 Å². The summed E-state index contributed by atoms with van der Waals surface area (Å²) in [7, 11) is 0. The number of aromatic nitrogens is 1. The minimum Gasteiger partial charge on any atom is -0.382 e. The molecule has 2 aromatic rings. The highest BCUT2D eigenvalue weighted by Gasteiger charge is 2.06. The summed E-state index contributed by atoms with van der Waals surface area (Å²) in [5, 5.41) is 8.77. The van der Waals surface area contributed by atoms with Gasteiger partial charge in [0.25, 0.3) is 0 Å². The first-order chi connectivity index (χ1) is 9.70. The fourth-order valence-electron chi connectivity index (χ4n) is 2.29. The van der Waals surface area contributed by atoms with Crippen molar-refractivity contribution < 1.29 is 0 Å². The van der Waals surface area contributed by atoms with E-state index >= 15 is 0 Å². The summed E-state index contributed by atoms with van der Waals surface area (Å²) in [4.78, 5) is 4.36. The second-order valence-electron chi connectivity index (χ2n) is 5.06. The Bertz CT molecular complexity index is 556. The monoisotopic (exact) mass is 291 g/mol. The predicted molar refractivity (Wildman–Crippen MR) is 87.6 cm³/mol. The molecule has 0 amide bonds. The quantitative estimate of drug-likeness (QED) is 0.755. The molecule has 2 N–H and O–H groups in total. The van der Waals surface area contributed by atoms with Gasteiger partial charge in [-0.2, -0.15) is 0 Å². The molecule has 0 saturated carbocycles. The van der Waals surface area contributed by atoms with Crippen molar-refractivity contribution in [3.8, 4) is 0 Å². The summed E-state index contributed by atoms with van der Waals surface area (Å²) in [6.07, 6.45) is 4.15. The number of rotatable bonds is 7. The van der Waals surface area contributed by atoms with Gasteiger partial charge in [0.15, 0.2) is 0 Å². The highest BCUT2D eigenvalue weighted by atomic mass is 35.5. The highest BCUT2D eigenvalue weighted by Crippen LogP contribution is 2.25. The first-order valence-electron chi connectivity index (χ1n) is 7.22. The standard InChI is InChI=1S/C16H22ClN3/c1-3-18-9-4-5-12(2)20-15-8-10-19-16-11-13(17)6-7-14(15)16/h6-8,10-12,18H,3-5,9H2,1-2H3,(H,19,20). The third kappa shape index (κ3) is 4.09. The zero-order valence-electron chi connectivity index (χ0n) is 12.1. The smallest absolute Gasteiger partial charge is 0.0737 e. The molecular weight excluding hydrogens is 270 g/mol. The van der Waals surface area contributed by atoms with Crippen molar-refractivity contribution in [3.05, 3.63) is 35.5 Å². The van der Waals surface area contributed by atoms with Crippen LogP contribution in [0.2, 0.25) is 5.02 Å². The number of nitrogens with one attached hydrogen (secondary N) is 2. The van der Waals surface area contributed by atoms with E-state index in [9.17, 15) is 0 Å². The number of anilines is 1. The van der Waals surface area contributed by atoms with Gasteiger partial charge in [0.2, 0.25) is 0 Å². The molecule has 0 fully saturated rings. The molecule has 4 heteroatoms. The SMILES string of the molecule is CCNCCCC(C)Nc1ccnc2cc(Cl)ccc12. The van der Waals surface area contributed by atoms with Crippen LogP contribution in [0.1, 0.15) is 26.7 Å². The van der Waals surface area contributed by atoms with Crippen LogP contribution in [0.3, 0.4) is 0 Å². The molecule has 20 heavy (non-hydrogen) atoms. The first-order valence-corrected chi connectivity index (χ1v) is 7.60. The van der Waals surface area contributed by atoms with Gasteiger partial charge in [-0.05, 0) is 57.1 Å². The maximum Gasteiger partial charge on any atom is 0.0737 e. The van der Waals surface area contributed by atoms with Crippen LogP contribution in [0.25, 0.3) is 10.9 Å². The zero-order chi connectivity index (χ0) is 14.4. The number of benzene rings is 1. The predicted octanol–water partition coefficient (Wildman–Crippen LogP) is 4.08. The van der Waals surface area contributed by atoms with Gasteiger partial charge in [-0.25, -0.2) is 0 Å². The molecule has 0 bridgehead atoms. The minimum absolute atomic E-state index is 0.440. The van der Waals surface area contributed by atoms with Crippen LogP contribution in [0.15, 0.2) is 30.5 Å². The number of hydrogen-bond donors (Lipinski definition) is 2. The Hall–Kier alpha value is -1.32. The molecule has 1 aromatic heterocycles. The Labute approximate surface area is 125 Å². The maximum atomic E-state index is 6.01. The molecule has 0 aliphatic rings. The zero-order valence-corrected chi connectivity index (χ0v) is 12.9. The summed E-state index contributed by atoms with van der Waals surface area (Å²) in [5.74, 6) is 0. The molecule has 1 aromatic carbocycles. The van der Waals surface area contributed by atoms with E-state index in [0.29, 0.717) is 6.04 Å². The van der Waals surface area contributed by atoms with Gasteiger partial charge in [-0.15, -0.1) is 0 Å². The van der Waals surface area contributed by atoms with E-state index in [1.165, 1.54) is 6.42 Å². The number of pyridine rings is 1. The van der Waals surface area contributed by atoms with Crippen molar-refractivity contribution in [2.75, 3.05) is 18.4 Å². The van der Waals surface area contributed by atoms with E-state index in [-0.39, 0.29) is 0 Å². The van der Waals surface area contributed by atoms with E-state index in [0.717, 1.165) is 41.1 Å². The van der Waals surface area contributed by atoms with Crippen LogP contribution in [-0.4, -0.2) is 24.1 Å². The molecule has 0 spiro atoms. The highest BCUT2D eigenvalue weighted by molar-refractivity contribution is 6.31. The lowest BCUT2D eigenvalue weighted by Crippen LogP contribution is -2.19. The molecule has 0 aliphatic carbocycles. The van der Waals surface area contributed by atoms with Gasteiger partial charge in [-0.1, -0.05) is 18.5 Å². The van der Waals surface area contributed by atoms with Crippen LogP contribution >= 0.6 is 11.6 Å². The second kappa shape index (κ2) is 7.46. The summed E-state index contributed by atoms with van der Waals surface area (Å²) >= 11 is 6.01. The topological polar surface area (TPSA) is 37.0 Å². The minimum atomic E-state index is 0.440. The molecule has 0 radical (unpaired) electrons. The third-order valence-electron chi connectivity index (χ3n) is 3.35. The molecule has 1 heterocycles. The summed E-state index contributed by atoms with van der Waals surface area (Å²) in [6.45, 7) is 6.47. The van der Waals surface area contributed by atoms with Crippen molar-refractivity contribution in [1.82, 2.24) is 10.3 Å². The van der Waals surface area contributed by atoms with Gasteiger partial charge in [-0.3, -0.25) is 4.98 Å². The van der Waals surface area contributed by atoms with E-state index in [2.05, 4.69) is 29.5 Å². The lowest BCUT2D eigenvalue weighted by molar-refractivity contribution is 0.603. The van der Waals surface area contributed by atoms with Crippen molar-refractivity contribution in [2.45, 2.75) is 32.7 Å². The Balaban J connectivity index is 2.02. The molecule has 2 rings (SSSR count). The normalized spacial score (nSPS) is 12.6. The molecule has 0 saturated heterocycles. The fourth-order valence-corrected chi connectivity index (χ4v) is 2.46.